The van der Waals surface area contributed by atoms with Crippen LogP contribution >= 0.6 is 0 Å². The molecule has 1 aromatic heterocycles. The number of carbonyl (C=O) groups excluding carboxylic acids is 1. The van der Waals surface area contributed by atoms with Crippen molar-refractivity contribution in [3.63, 3.8) is 0 Å². The number of rotatable bonds is 5. The largest absolute Gasteiger partial charge is 0.376 e. The number of ether oxygens (including phenoxy) is 1. The zero-order chi connectivity index (χ0) is 16.8. The summed E-state index contributed by atoms with van der Waals surface area (Å²) < 4.78 is 18.9. The minimum absolute atomic E-state index is 0.101. The van der Waals surface area contributed by atoms with Crippen LogP contribution in [0, 0.1) is 5.82 Å². The zero-order valence-corrected chi connectivity index (χ0v) is 13.2. The number of benzene rings is 1. The number of hydrogen-bond acceptors (Lipinski definition) is 3. The van der Waals surface area contributed by atoms with Gasteiger partial charge in [-0.2, -0.15) is 0 Å². The van der Waals surface area contributed by atoms with Crippen LogP contribution in [0.3, 0.4) is 0 Å². The van der Waals surface area contributed by atoms with Crippen LogP contribution in [0.15, 0.2) is 48.7 Å². The molecule has 126 valence electrons. The van der Waals surface area contributed by atoms with Crippen molar-refractivity contribution in [1.29, 1.82) is 0 Å². The summed E-state index contributed by atoms with van der Waals surface area (Å²) in [5.74, 6) is -0.301. The third-order valence-electron chi connectivity index (χ3n) is 4.01. The first kappa shape index (κ1) is 16.4. The van der Waals surface area contributed by atoms with Gasteiger partial charge in [-0.25, -0.2) is 9.18 Å². The lowest BCUT2D eigenvalue weighted by atomic mass is 9.99. The minimum atomic E-state index is -0.308. The Bertz CT molecular complexity index is 658. The fraction of sp³-hybridized carbons (Fsp3) is 0.333. The maximum Gasteiger partial charge on any atom is 0.315 e. The van der Waals surface area contributed by atoms with Crippen molar-refractivity contribution in [3.05, 3.63) is 65.7 Å². The fourth-order valence-corrected chi connectivity index (χ4v) is 2.79. The van der Waals surface area contributed by atoms with Gasteiger partial charge < -0.3 is 15.4 Å². The van der Waals surface area contributed by atoms with E-state index in [1.807, 2.05) is 18.2 Å². The Labute approximate surface area is 140 Å². The van der Waals surface area contributed by atoms with Gasteiger partial charge in [0.05, 0.1) is 24.4 Å². The van der Waals surface area contributed by atoms with Crippen LogP contribution in [0.5, 0.6) is 0 Å². The molecule has 1 fully saturated rings. The second kappa shape index (κ2) is 7.88. The third-order valence-corrected chi connectivity index (χ3v) is 4.01. The minimum Gasteiger partial charge on any atom is -0.376 e. The monoisotopic (exact) mass is 329 g/mol. The molecule has 1 aliphatic rings. The Hall–Kier alpha value is -2.47. The second-order valence-electron chi connectivity index (χ2n) is 5.73. The topological polar surface area (TPSA) is 63.2 Å². The molecular weight excluding hydrogens is 309 g/mol. The SMILES string of the molecule is O=C(NCc1ccccn1)N[C@H](c1ccc(F)cc1)[C@@H]1CCCO1. The molecule has 2 N–H and O–H groups in total. The summed E-state index contributed by atoms with van der Waals surface area (Å²) in [7, 11) is 0. The maximum atomic E-state index is 13.2. The molecule has 2 aromatic rings. The van der Waals surface area contributed by atoms with Gasteiger partial charge in [0, 0.05) is 12.8 Å². The summed E-state index contributed by atoms with van der Waals surface area (Å²) >= 11 is 0. The molecule has 0 aliphatic carbocycles. The highest BCUT2D eigenvalue weighted by molar-refractivity contribution is 5.74. The van der Waals surface area contributed by atoms with Gasteiger partial charge in [0.25, 0.3) is 0 Å². The smallest absolute Gasteiger partial charge is 0.315 e. The molecule has 2 atom stereocenters. The van der Waals surface area contributed by atoms with Crippen molar-refractivity contribution in [2.24, 2.45) is 0 Å². The average Bonchev–Trinajstić information content (AvgIpc) is 3.14. The molecule has 3 rings (SSSR count). The Morgan fingerprint density at radius 2 is 2.12 bits per heavy atom. The second-order valence-corrected chi connectivity index (χ2v) is 5.73. The van der Waals surface area contributed by atoms with Crippen LogP contribution in [-0.2, 0) is 11.3 Å². The predicted molar refractivity (Wildman–Crippen MR) is 87.7 cm³/mol. The Kier molecular flexibility index (Phi) is 5.38. The fourth-order valence-electron chi connectivity index (χ4n) is 2.79. The number of nitrogens with one attached hydrogen (secondary N) is 2. The Balaban J connectivity index is 1.64. The molecule has 0 radical (unpaired) electrons. The maximum absolute atomic E-state index is 13.2. The molecular formula is C18H20FN3O2. The first-order valence-electron chi connectivity index (χ1n) is 8.04. The lowest BCUT2D eigenvalue weighted by Gasteiger charge is -2.25. The first-order chi connectivity index (χ1) is 11.7. The van der Waals surface area contributed by atoms with Gasteiger partial charge in [0.15, 0.2) is 0 Å². The molecule has 0 saturated carbocycles. The predicted octanol–water partition coefficient (Wildman–Crippen LogP) is 2.94. The standard InChI is InChI=1S/C18H20FN3O2/c19-14-8-6-13(7-9-14)17(16-5-3-11-24-16)22-18(23)21-12-15-4-1-2-10-20-15/h1-2,4,6-10,16-17H,3,5,11-12H2,(H2,21,22,23)/t16-,17+/m0/s1. The lowest BCUT2D eigenvalue weighted by Crippen LogP contribution is -2.42. The average molecular weight is 329 g/mol. The number of pyridine rings is 1. The molecule has 1 saturated heterocycles. The van der Waals surface area contributed by atoms with E-state index in [4.69, 9.17) is 4.74 Å². The van der Waals surface area contributed by atoms with Gasteiger partial charge >= 0.3 is 6.03 Å². The summed E-state index contributed by atoms with van der Waals surface area (Å²) in [6.07, 6.45) is 3.40. The molecule has 2 amide bonds. The van der Waals surface area contributed by atoms with Gasteiger partial charge in [0.1, 0.15) is 5.82 Å². The van der Waals surface area contributed by atoms with Crippen LogP contribution in [0.2, 0.25) is 0 Å². The van der Waals surface area contributed by atoms with E-state index < -0.39 is 0 Å². The third kappa shape index (κ3) is 4.29. The number of amides is 2. The summed E-state index contributed by atoms with van der Waals surface area (Å²) in [6, 6.07) is 11.1. The molecule has 2 heterocycles. The summed E-state index contributed by atoms with van der Waals surface area (Å²) in [6.45, 7) is 1.02. The van der Waals surface area contributed by atoms with E-state index in [1.54, 1.807) is 18.3 Å². The molecule has 5 nitrogen and oxygen atoms in total. The molecule has 24 heavy (non-hydrogen) atoms. The van der Waals surface area contributed by atoms with E-state index in [-0.39, 0.29) is 24.0 Å². The van der Waals surface area contributed by atoms with E-state index in [0.717, 1.165) is 24.1 Å². The van der Waals surface area contributed by atoms with E-state index in [9.17, 15) is 9.18 Å². The highest BCUT2D eigenvalue weighted by Crippen LogP contribution is 2.27. The zero-order valence-electron chi connectivity index (χ0n) is 13.2. The number of aromatic nitrogens is 1. The quantitative estimate of drug-likeness (QED) is 0.886. The summed E-state index contributed by atoms with van der Waals surface area (Å²) in [5.41, 5.74) is 1.61. The highest BCUT2D eigenvalue weighted by Gasteiger charge is 2.28. The van der Waals surface area contributed by atoms with Crippen molar-refractivity contribution >= 4 is 6.03 Å². The highest BCUT2D eigenvalue weighted by atomic mass is 19.1. The van der Waals surface area contributed by atoms with Gasteiger partial charge in [-0.05, 0) is 42.7 Å². The molecule has 0 spiro atoms. The van der Waals surface area contributed by atoms with Crippen LogP contribution in [-0.4, -0.2) is 23.7 Å². The van der Waals surface area contributed by atoms with Crippen molar-refractivity contribution in [3.8, 4) is 0 Å². The van der Waals surface area contributed by atoms with Crippen molar-refractivity contribution < 1.29 is 13.9 Å². The van der Waals surface area contributed by atoms with Crippen molar-refractivity contribution in [2.45, 2.75) is 31.5 Å². The van der Waals surface area contributed by atoms with E-state index in [1.165, 1.54) is 12.1 Å². The van der Waals surface area contributed by atoms with E-state index in [2.05, 4.69) is 15.6 Å². The van der Waals surface area contributed by atoms with Crippen LogP contribution in [0.25, 0.3) is 0 Å². The Morgan fingerprint density at radius 1 is 1.29 bits per heavy atom. The Morgan fingerprint density at radius 3 is 2.79 bits per heavy atom. The first-order valence-corrected chi connectivity index (χ1v) is 8.04. The van der Waals surface area contributed by atoms with Gasteiger partial charge in [-0.15, -0.1) is 0 Å². The number of hydrogen-bond donors (Lipinski definition) is 2. The number of nitrogens with zero attached hydrogens (tertiary/aromatic N) is 1. The normalized spacial score (nSPS) is 18.1. The number of halogens is 1. The van der Waals surface area contributed by atoms with Gasteiger partial charge in [0.2, 0.25) is 0 Å². The molecule has 0 unspecified atom stereocenters. The summed E-state index contributed by atoms with van der Waals surface area (Å²) in [5, 5.41) is 5.73. The molecule has 6 heteroatoms. The number of urea groups is 1. The van der Waals surface area contributed by atoms with E-state index in [0.29, 0.717) is 13.2 Å². The van der Waals surface area contributed by atoms with Crippen LogP contribution in [0.4, 0.5) is 9.18 Å². The van der Waals surface area contributed by atoms with Crippen LogP contribution < -0.4 is 10.6 Å². The lowest BCUT2D eigenvalue weighted by molar-refractivity contribution is 0.0807. The molecule has 1 aromatic carbocycles. The van der Waals surface area contributed by atoms with E-state index >= 15 is 0 Å². The van der Waals surface area contributed by atoms with Gasteiger partial charge in [-0.1, -0.05) is 18.2 Å². The summed E-state index contributed by atoms with van der Waals surface area (Å²) in [4.78, 5) is 16.4. The van der Waals surface area contributed by atoms with Crippen LogP contribution in [0.1, 0.15) is 30.1 Å². The van der Waals surface area contributed by atoms with Gasteiger partial charge in [-0.3, -0.25) is 4.98 Å². The molecule has 0 bridgehead atoms. The number of carbonyl (C=O) groups is 1. The van der Waals surface area contributed by atoms with Crippen molar-refractivity contribution in [2.75, 3.05) is 6.61 Å². The molecule has 1 aliphatic heterocycles. The van der Waals surface area contributed by atoms with Crippen molar-refractivity contribution in [1.82, 2.24) is 15.6 Å².